The third-order valence-corrected chi connectivity index (χ3v) is 6.70. The number of hydrogen-bond donors (Lipinski definition) is 1. The average molecular weight is 402 g/mol. The molecule has 1 saturated heterocycles. The van der Waals surface area contributed by atoms with Crippen LogP contribution in [0.1, 0.15) is 23.1 Å². The van der Waals surface area contributed by atoms with Gasteiger partial charge in [0.15, 0.2) is 0 Å². The number of carboxylic acid groups (broad SMARTS) is 1. The molecule has 4 nitrogen and oxygen atoms in total. The van der Waals surface area contributed by atoms with Crippen molar-refractivity contribution in [1.29, 1.82) is 0 Å². The Bertz CT molecular complexity index is 1070. The summed E-state index contributed by atoms with van der Waals surface area (Å²) < 4.78 is 6.28. The number of fused-ring (bicyclic) bond motifs is 2. The van der Waals surface area contributed by atoms with Gasteiger partial charge in [-0.2, -0.15) is 0 Å². The monoisotopic (exact) mass is 401 g/mol. The van der Waals surface area contributed by atoms with E-state index >= 15 is 0 Å². The number of carbonyl (C=O) groups is 1. The van der Waals surface area contributed by atoms with Gasteiger partial charge in [0.05, 0.1) is 12.5 Å². The summed E-state index contributed by atoms with van der Waals surface area (Å²) in [5, 5.41) is 11.7. The van der Waals surface area contributed by atoms with Crippen molar-refractivity contribution in [1.82, 2.24) is 4.90 Å². The molecule has 30 heavy (non-hydrogen) atoms. The van der Waals surface area contributed by atoms with Crippen molar-refractivity contribution in [3.05, 3.63) is 77.4 Å². The highest BCUT2D eigenvalue weighted by Gasteiger charge is 2.38. The SMILES string of the molecule is O=C(O)C1CN([C@H]2CCc3cccc(OCCc4cccc5ccccc45)c3C2)C1. The minimum Gasteiger partial charge on any atom is -0.493 e. The second-order valence-corrected chi connectivity index (χ2v) is 8.52. The lowest BCUT2D eigenvalue weighted by atomic mass is 9.84. The molecule has 1 N–H and O–H groups in total. The topological polar surface area (TPSA) is 49.8 Å². The van der Waals surface area contributed by atoms with Crippen LogP contribution in [-0.2, 0) is 24.1 Å². The minimum atomic E-state index is -0.667. The summed E-state index contributed by atoms with van der Waals surface area (Å²) in [5.41, 5.74) is 4.01. The molecule has 0 bridgehead atoms. The number of aliphatic carboxylic acids is 1. The summed E-state index contributed by atoms with van der Waals surface area (Å²) in [6.45, 7) is 2.01. The van der Waals surface area contributed by atoms with Crippen LogP contribution < -0.4 is 4.74 Å². The number of ether oxygens (including phenoxy) is 1. The van der Waals surface area contributed by atoms with Gasteiger partial charge in [-0.1, -0.05) is 54.6 Å². The van der Waals surface area contributed by atoms with Gasteiger partial charge in [-0.05, 0) is 52.8 Å². The van der Waals surface area contributed by atoms with Crippen molar-refractivity contribution >= 4 is 16.7 Å². The van der Waals surface area contributed by atoms with Gasteiger partial charge < -0.3 is 9.84 Å². The van der Waals surface area contributed by atoms with E-state index in [1.165, 1.54) is 27.5 Å². The molecule has 1 aliphatic heterocycles. The van der Waals surface area contributed by atoms with Gasteiger partial charge in [-0.25, -0.2) is 0 Å². The maximum atomic E-state index is 11.1. The molecule has 0 radical (unpaired) electrons. The predicted molar refractivity (Wildman–Crippen MR) is 118 cm³/mol. The Morgan fingerprint density at radius 3 is 2.70 bits per heavy atom. The van der Waals surface area contributed by atoms with Gasteiger partial charge in [0.25, 0.3) is 0 Å². The molecular formula is C26H27NO3. The van der Waals surface area contributed by atoms with E-state index in [4.69, 9.17) is 9.84 Å². The molecule has 1 atom stereocenters. The summed E-state index contributed by atoms with van der Waals surface area (Å²) in [6.07, 6.45) is 3.96. The molecule has 2 aliphatic rings. The van der Waals surface area contributed by atoms with E-state index in [1.807, 2.05) is 0 Å². The first-order chi connectivity index (χ1) is 14.7. The zero-order chi connectivity index (χ0) is 20.5. The van der Waals surface area contributed by atoms with Gasteiger partial charge in [0.1, 0.15) is 5.75 Å². The number of likely N-dealkylation sites (tertiary alicyclic amines) is 1. The largest absolute Gasteiger partial charge is 0.493 e. The summed E-state index contributed by atoms with van der Waals surface area (Å²) in [5.74, 6) is 0.131. The molecule has 1 aliphatic carbocycles. The standard InChI is InChI=1S/C26H27NO3/c28-26(29)21-16-27(17-21)22-12-11-19-8-4-10-25(24(19)15-22)30-14-13-20-7-3-6-18-5-1-2-9-23(18)20/h1-10,21-22H,11-17H2,(H,28,29)/t22-/m0/s1. The summed E-state index contributed by atoms with van der Waals surface area (Å²) in [4.78, 5) is 13.5. The lowest BCUT2D eigenvalue weighted by Crippen LogP contribution is -2.56. The molecule has 0 unspecified atom stereocenters. The first-order valence-electron chi connectivity index (χ1n) is 10.9. The Morgan fingerprint density at radius 2 is 1.83 bits per heavy atom. The van der Waals surface area contributed by atoms with Crippen LogP contribution in [0.2, 0.25) is 0 Å². The molecule has 3 aromatic rings. The van der Waals surface area contributed by atoms with Gasteiger partial charge >= 0.3 is 5.97 Å². The Labute approximate surface area is 177 Å². The predicted octanol–water partition coefficient (Wildman–Crippen LogP) is 4.34. The zero-order valence-electron chi connectivity index (χ0n) is 17.1. The number of hydrogen-bond acceptors (Lipinski definition) is 3. The van der Waals surface area contributed by atoms with Crippen molar-refractivity contribution in [2.45, 2.75) is 31.7 Å². The van der Waals surface area contributed by atoms with Gasteiger partial charge in [-0.15, -0.1) is 0 Å². The third-order valence-electron chi connectivity index (χ3n) is 6.70. The van der Waals surface area contributed by atoms with Crippen LogP contribution in [0, 0.1) is 5.92 Å². The molecule has 0 spiro atoms. The number of rotatable bonds is 6. The van der Waals surface area contributed by atoms with E-state index in [2.05, 4.69) is 65.6 Å². The second-order valence-electron chi connectivity index (χ2n) is 8.52. The maximum Gasteiger partial charge on any atom is 0.309 e. The van der Waals surface area contributed by atoms with Crippen molar-refractivity contribution in [3.63, 3.8) is 0 Å². The van der Waals surface area contributed by atoms with Crippen molar-refractivity contribution < 1.29 is 14.6 Å². The van der Waals surface area contributed by atoms with Crippen LogP contribution in [0.5, 0.6) is 5.75 Å². The highest BCUT2D eigenvalue weighted by molar-refractivity contribution is 5.85. The Kier molecular flexibility index (Phi) is 5.17. The van der Waals surface area contributed by atoms with E-state index in [9.17, 15) is 4.79 Å². The molecule has 1 heterocycles. The highest BCUT2D eigenvalue weighted by atomic mass is 16.5. The number of nitrogens with zero attached hydrogens (tertiary/aromatic N) is 1. The Hall–Kier alpha value is -2.85. The quantitative estimate of drug-likeness (QED) is 0.668. The third kappa shape index (κ3) is 3.68. The second kappa shape index (κ2) is 8.11. The zero-order valence-corrected chi connectivity index (χ0v) is 17.1. The van der Waals surface area contributed by atoms with Crippen LogP contribution in [0.4, 0.5) is 0 Å². The van der Waals surface area contributed by atoms with E-state index in [0.717, 1.165) is 31.4 Å². The molecule has 154 valence electrons. The normalized spacial score (nSPS) is 19.3. The molecule has 4 heteroatoms. The minimum absolute atomic E-state index is 0.196. The van der Waals surface area contributed by atoms with Crippen molar-refractivity contribution in [2.24, 2.45) is 5.92 Å². The van der Waals surface area contributed by atoms with Crippen molar-refractivity contribution in [2.75, 3.05) is 19.7 Å². The van der Waals surface area contributed by atoms with Crippen molar-refractivity contribution in [3.8, 4) is 5.75 Å². The van der Waals surface area contributed by atoms with E-state index in [-0.39, 0.29) is 5.92 Å². The fraction of sp³-hybridized carbons (Fsp3) is 0.346. The van der Waals surface area contributed by atoms with Gasteiger partial charge in [-0.3, -0.25) is 9.69 Å². The first-order valence-corrected chi connectivity index (χ1v) is 10.9. The van der Waals surface area contributed by atoms with Crippen LogP contribution in [0.15, 0.2) is 60.7 Å². The fourth-order valence-corrected chi connectivity index (χ4v) is 4.93. The van der Waals surface area contributed by atoms with Crippen LogP contribution in [0.25, 0.3) is 10.8 Å². The van der Waals surface area contributed by atoms with Gasteiger partial charge in [0.2, 0.25) is 0 Å². The molecular weight excluding hydrogens is 374 g/mol. The summed E-state index contributed by atoms with van der Waals surface area (Å²) in [7, 11) is 0. The lowest BCUT2D eigenvalue weighted by molar-refractivity contribution is -0.148. The Morgan fingerprint density at radius 1 is 1.03 bits per heavy atom. The maximum absolute atomic E-state index is 11.1. The molecule has 0 aromatic heterocycles. The fourth-order valence-electron chi connectivity index (χ4n) is 4.93. The number of aryl methyl sites for hydroxylation is 1. The number of carboxylic acids is 1. The van der Waals surface area contributed by atoms with Crippen LogP contribution in [-0.4, -0.2) is 41.7 Å². The molecule has 1 fully saturated rings. The number of benzene rings is 3. The smallest absolute Gasteiger partial charge is 0.309 e. The Balaban J connectivity index is 1.26. The lowest BCUT2D eigenvalue weighted by Gasteiger charge is -2.44. The molecule has 0 amide bonds. The summed E-state index contributed by atoms with van der Waals surface area (Å²) >= 11 is 0. The highest BCUT2D eigenvalue weighted by Crippen LogP contribution is 2.34. The molecule has 0 saturated carbocycles. The van der Waals surface area contributed by atoms with Crippen LogP contribution in [0.3, 0.4) is 0 Å². The summed E-state index contributed by atoms with van der Waals surface area (Å²) in [6, 6.07) is 21.8. The van der Waals surface area contributed by atoms with Crippen LogP contribution >= 0.6 is 0 Å². The first kappa shape index (κ1) is 19.1. The molecule has 5 rings (SSSR count). The van der Waals surface area contributed by atoms with Gasteiger partial charge in [0, 0.05) is 25.6 Å². The van der Waals surface area contributed by atoms with E-state index < -0.39 is 5.97 Å². The molecule has 3 aromatic carbocycles. The average Bonchev–Trinajstić information content (AvgIpc) is 2.73. The van der Waals surface area contributed by atoms with E-state index in [0.29, 0.717) is 25.7 Å². The van der Waals surface area contributed by atoms with E-state index in [1.54, 1.807) is 0 Å².